The van der Waals surface area contributed by atoms with Crippen molar-refractivity contribution in [3.63, 3.8) is 0 Å². The van der Waals surface area contributed by atoms with Crippen LogP contribution in [0.15, 0.2) is 46.9 Å². The molecule has 0 spiro atoms. The number of halogens is 1. The quantitative estimate of drug-likeness (QED) is 0.837. The molecule has 0 aliphatic heterocycles. The molecule has 0 saturated carbocycles. The minimum Gasteiger partial charge on any atom is -0.496 e. The molecule has 0 aliphatic rings. The summed E-state index contributed by atoms with van der Waals surface area (Å²) in [5.74, 6) is 0.818. The number of nitriles is 1. The van der Waals surface area contributed by atoms with Crippen LogP contribution in [-0.2, 0) is 0 Å². The van der Waals surface area contributed by atoms with Gasteiger partial charge in [0, 0.05) is 10.0 Å². The Labute approximate surface area is 109 Å². The molecule has 84 valence electrons. The SMILES string of the molecule is COc1ccccc1-c1ccc(C#N)cc1Br. The topological polar surface area (TPSA) is 33.0 Å². The molecule has 17 heavy (non-hydrogen) atoms. The fraction of sp³-hybridized carbons (Fsp3) is 0.0714. The molecule has 0 atom stereocenters. The van der Waals surface area contributed by atoms with Crippen LogP contribution in [0.4, 0.5) is 0 Å². The third kappa shape index (κ3) is 2.32. The predicted molar refractivity (Wildman–Crippen MR) is 70.8 cm³/mol. The third-order valence-electron chi connectivity index (χ3n) is 2.50. The van der Waals surface area contributed by atoms with E-state index in [0.717, 1.165) is 21.3 Å². The van der Waals surface area contributed by atoms with E-state index in [1.54, 1.807) is 13.2 Å². The average molecular weight is 288 g/mol. The van der Waals surface area contributed by atoms with Crippen LogP contribution in [-0.4, -0.2) is 7.11 Å². The van der Waals surface area contributed by atoms with E-state index in [1.165, 1.54) is 0 Å². The van der Waals surface area contributed by atoms with Gasteiger partial charge in [0.05, 0.1) is 18.7 Å². The number of methoxy groups -OCH3 is 1. The lowest BCUT2D eigenvalue weighted by Gasteiger charge is -2.10. The second kappa shape index (κ2) is 5.03. The minimum atomic E-state index is 0.635. The Hall–Kier alpha value is -1.79. The Morgan fingerprint density at radius 2 is 1.88 bits per heavy atom. The van der Waals surface area contributed by atoms with Crippen molar-refractivity contribution < 1.29 is 4.74 Å². The van der Waals surface area contributed by atoms with Crippen LogP contribution in [0.5, 0.6) is 5.75 Å². The van der Waals surface area contributed by atoms with E-state index in [1.807, 2.05) is 36.4 Å². The van der Waals surface area contributed by atoms with Gasteiger partial charge in [-0.3, -0.25) is 0 Å². The second-order valence-corrected chi connectivity index (χ2v) is 4.36. The molecule has 2 rings (SSSR count). The Balaban J connectivity index is 2.57. The van der Waals surface area contributed by atoms with Gasteiger partial charge in [0.15, 0.2) is 0 Å². The molecule has 0 unspecified atom stereocenters. The number of benzene rings is 2. The van der Waals surface area contributed by atoms with Crippen molar-refractivity contribution in [3.8, 4) is 22.9 Å². The highest BCUT2D eigenvalue weighted by atomic mass is 79.9. The Bertz CT molecular complexity index is 587. The van der Waals surface area contributed by atoms with Gasteiger partial charge in [0.1, 0.15) is 5.75 Å². The molecule has 3 heteroatoms. The molecule has 0 heterocycles. The highest BCUT2D eigenvalue weighted by Crippen LogP contribution is 2.35. The molecule has 2 nitrogen and oxygen atoms in total. The van der Waals surface area contributed by atoms with Crippen molar-refractivity contribution in [2.75, 3.05) is 7.11 Å². The van der Waals surface area contributed by atoms with Gasteiger partial charge in [-0.1, -0.05) is 40.2 Å². The summed E-state index contributed by atoms with van der Waals surface area (Å²) in [7, 11) is 1.65. The maximum Gasteiger partial charge on any atom is 0.126 e. The first kappa shape index (κ1) is 11.7. The summed E-state index contributed by atoms with van der Waals surface area (Å²) in [6.07, 6.45) is 0. The van der Waals surface area contributed by atoms with Crippen LogP contribution in [0.3, 0.4) is 0 Å². The molecule has 2 aromatic rings. The van der Waals surface area contributed by atoms with E-state index in [4.69, 9.17) is 10.00 Å². The Morgan fingerprint density at radius 1 is 1.12 bits per heavy atom. The summed E-state index contributed by atoms with van der Waals surface area (Å²) in [5, 5.41) is 8.83. The van der Waals surface area contributed by atoms with E-state index in [9.17, 15) is 0 Å². The molecule has 2 aromatic carbocycles. The van der Waals surface area contributed by atoms with Gasteiger partial charge < -0.3 is 4.74 Å². The van der Waals surface area contributed by atoms with Crippen LogP contribution in [0.1, 0.15) is 5.56 Å². The van der Waals surface area contributed by atoms with Crippen molar-refractivity contribution in [1.29, 1.82) is 5.26 Å². The molecule has 0 aromatic heterocycles. The number of ether oxygens (including phenoxy) is 1. The molecular weight excluding hydrogens is 278 g/mol. The van der Waals surface area contributed by atoms with Crippen LogP contribution in [0.2, 0.25) is 0 Å². The number of nitrogens with zero attached hydrogens (tertiary/aromatic N) is 1. The van der Waals surface area contributed by atoms with Crippen LogP contribution >= 0.6 is 15.9 Å². The monoisotopic (exact) mass is 287 g/mol. The zero-order chi connectivity index (χ0) is 12.3. The standard InChI is InChI=1S/C14H10BrNO/c1-17-14-5-3-2-4-12(14)11-7-6-10(9-16)8-13(11)15/h2-8H,1H3. The third-order valence-corrected chi connectivity index (χ3v) is 3.15. The maximum atomic E-state index is 8.83. The predicted octanol–water partition coefficient (Wildman–Crippen LogP) is 4.00. The number of rotatable bonds is 2. The number of hydrogen-bond acceptors (Lipinski definition) is 2. The summed E-state index contributed by atoms with van der Waals surface area (Å²) in [4.78, 5) is 0. The molecule has 0 aliphatic carbocycles. The van der Waals surface area contributed by atoms with Gasteiger partial charge in [-0.15, -0.1) is 0 Å². The fourth-order valence-corrected chi connectivity index (χ4v) is 2.26. The fourth-order valence-electron chi connectivity index (χ4n) is 1.67. The summed E-state index contributed by atoms with van der Waals surface area (Å²) in [6, 6.07) is 15.4. The normalized spacial score (nSPS) is 9.71. The zero-order valence-corrected chi connectivity index (χ0v) is 10.9. The Morgan fingerprint density at radius 3 is 2.53 bits per heavy atom. The van der Waals surface area contributed by atoms with Gasteiger partial charge in [-0.2, -0.15) is 5.26 Å². The summed E-state index contributed by atoms with van der Waals surface area (Å²) >= 11 is 3.48. The lowest BCUT2D eigenvalue weighted by molar-refractivity contribution is 0.416. The zero-order valence-electron chi connectivity index (χ0n) is 9.27. The van der Waals surface area contributed by atoms with E-state index >= 15 is 0 Å². The molecule has 0 fully saturated rings. The van der Waals surface area contributed by atoms with Crippen molar-refractivity contribution in [2.45, 2.75) is 0 Å². The number of hydrogen-bond donors (Lipinski definition) is 0. The second-order valence-electron chi connectivity index (χ2n) is 3.51. The summed E-state index contributed by atoms with van der Waals surface area (Å²) < 4.78 is 6.22. The molecule has 0 amide bonds. The Kier molecular flexibility index (Phi) is 3.46. The minimum absolute atomic E-state index is 0.635. The summed E-state index contributed by atoms with van der Waals surface area (Å²) in [5.41, 5.74) is 2.66. The first-order chi connectivity index (χ1) is 8.26. The largest absolute Gasteiger partial charge is 0.496 e. The van der Waals surface area contributed by atoms with Crippen molar-refractivity contribution in [3.05, 3.63) is 52.5 Å². The molecule has 0 radical (unpaired) electrons. The van der Waals surface area contributed by atoms with Crippen molar-refractivity contribution >= 4 is 15.9 Å². The van der Waals surface area contributed by atoms with Gasteiger partial charge in [-0.05, 0) is 23.8 Å². The smallest absolute Gasteiger partial charge is 0.126 e. The highest BCUT2D eigenvalue weighted by Gasteiger charge is 2.08. The summed E-state index contributed by atoms with van der Waals surface area (Å²) in [6.45, 7) is 0. The van der Waals surface area contributed by atoms with E-state index < -0.39 is 0 Å². The first-order valence-electron chi connectivity index (χ1n) is 5.09. The van der Waals surface area contributed by atoms with Gasteiger partial charge in [0.2, 0.25) is 0 Å². The maximum absolute atomic E-state index is 8.83. The van der Waals surface area contributed by atoms with E-state index in [2.05, 4.69) is 22.0 Å². The van der Waals surface area contributed by atoms with Crippen molar-refractivity contribution in [1.82, 2.24) is 0 Å². The van der Waals surface area contributed by atoms with Crippen LogP contribution in [0, 0.1) is 11.3 Å². The van der Waals surface area contributed by atoms with E-state index in [-0.39, 0.29) is 0 Å². The van der Waals surface area contributed by atoms with Gasteiger partial charge in [0.25, 0.3) is 0 Å². The molecular formula is C14H10BrNO. The van der Waals surface area contributed by atoms with Crippen LogP contribution in [0.25, 0.3) is 11.1 Å². The first-order valence-corrected chi connectivity index (χ1v) is 5.88. The van der Waals surface area contributed by atoms with Gasteiger partial charge >= 0.3 is 0 Å². The molecule has 0 saturated heterocycles. The average Bonchev–Trinajstić information content (AvgIpc) is 2.38. The highest BCUT2D eigenvalue weighted by molar-refractivity contribution is 9.10. The van der Waals surface area contributed by atoms with Crippen LogP contribution < -0.4 is 4.74 Å². The van der Waals surface area contributed by atoms with Gasteiger partial charge in [-0.25, -0.2) is 0 Å². The molecule has 0 bridgehead atoms. The number of para-hydroxylation sites is 1. The molecule has 0 N–H and O–H groups in total. The van der Waals surface area contributed by atoms with Crippen molar-refractivity contribution in [2.24, 2.45) is 0 Å². The lowest BCUT2D eigenvalue weighted by Crippen LogP contribution is -1.88. The lowest BCUT2D eigenvalue weighted by atomic mass is 10.0. The van der Waals surface area contributed by atoms with E-state index in [0.29, 0.717) is 5.56 Å².